The Morgan fingerprint density at radius 3 is 2.54 bits per heavy atom. The minimum Gasteiger partial charge on any atom is -0.378 e. The number of rotatable bonds is 6. The predicted octanol–water partition coefficient (Wildman–Crippen LogP) is 4.06. The van der Waals surface area contributed by atoms with Gasteiger partial charge in [-0.15, -0.1) is 0 Å². The van der Waals surface area contributed by atoms with Crippen LogP contribution in [-0.2, 0) is 11.3 Å². The Hall–Kier alpha value is -2.61. The van der Waals surface area contributed by atoms with Crippen LogP contribution in [0.2, 0.25) is 0 Å². The van der Waals surface area contributed by atoms with Crippen molar-refractivity contribution >= 4 is 40.1 Å². The van der Waals surface area contributed by atoms with Gasteiger partial charge in [-0.05, 0) is 48.2 Å². The van der Waals surface area contributed by atoms with Gasteiger partial charge in [0.05, 0.1) is 11.0 Å². The molecule has 0 aliphatic heterocycles. The van der Waals surface area contributed by atoms with E-state index in [-0.39, 0.29) is 17.6 Å². The fourth-order valence-electron chi connectivity index (χ4n) is 2.56. The largest absolute Gasteiger partial charge is 0.378 e. The van der Waals surface area contributed by atoms with Gasteiger partial charge in [-0.25, -0.2) is 4.98 Å². The van der Waals surface area contributed by atoms with Crippen LogP contribution in [0.5, 0.6) is 0 Å². The van der Waals surface area contributed by atoms with Crippen LogP contribution in [0.1, 0.15) is 0 Å². The number of alkyl halides is 2. The maximum Gasteiger partial charge on any atom is 0.291 e. The number of imidazole rings is 1. The number of nitrogens with zero attached hydrogens (tertiary/aromatic N) is 3. The molecule has 5 nitrogen and oxygen atoms in total. The van der Waals surface area contributed by atoms with Gasteiger partial charge in [-0.2, -0.15) is 8.78 Å². The molecule has 0 radical (unpaired) electrons. The van der Waals surface area contributed by atoms with E-state index in [1.165, 1.54) is 4.57 Å². The second-order valence-electron chi connectivity index (χ2n) is 5.84. The lowest BCUT2D eigenvalue weighted by Crippen LogP contribution is -2.19. The van der Waals surface area contributed by atoms with Crippen LogP contribution in [0.25, 0.3) is 11.0 Å². The molecule has 2 aromatic carbocycles. The first-order chi connectivity index (χ1) is 12.4. The summed E-state index contributed by atoms with van der Waals surface area (Å²) in [5, 5.41) is 2.91. The fraction of sp³-hybridized carbons (Fsp3) is 0.222. The molecule has 3 aromatic rings. The van der Waals surface area contributed by atoms with Crippen molar-refractivity contribution in [2.75, 3.05) is 24.3 Å². The van der Waals surface area contributed by atoms with Gasteiger partial charge < -0.3 is 14.8 Å². The zero-order valence-corrected chi connectivity index (χ0v) is 15.1. The van der Waals surface area contributed by atoms with Gasteiger partial charge in [0.1, 0.15) is 6.54 Å². The molecule has 0 unspecified atom stereocenters. The highest BCUT2D eigenvalue weighted by molar-refractivity contribution is 7.99. The van der Waals surface area contributed by atoms with Gasteiger partial charge in [-0.3, -0.25) is 4.79 Å². The molecule has 0 aliphatic carbocycles. The van der Waals surface area contributed by atoms with Crippen LogP contribution < -0.4 is 10.2 Å². The minimum atomic E-state index is -2.60. The summed E-state index contributed by atoms with van der Waals surface area (Å²) in [5.74, 6) is -2.91. The van der Waals surface area contributed by atoms with E-state index in [1.807, 2.05) is 31.1 Å². The van der Waals surface area contributed by atoms with Crippen LogP contribution in [0.4, 0.5) is 20.2 Å². The molecule has 1 aromatic heterocycles. The lowest BCUT2D eigenvalue weighted by Gasteiger charge is -2.13. The number of anilines is 2. The van der Waals surface area contributed by atoms with Gasteiger partial charge >= 0.3 is 0 Å². The summed E-state index contributed by atoms with van der Waals surface area (Å²) in [7, 11) is 3.86. The SMILES string of the molecule is CN(C)c1ccc(NC(=O)Cn2c(SC(F)F)nc3ccccc32)cc1. The Morgan fingerprint density at radius 2 is 1.88 bits per heavy atom. The van der Waals surface area contributed by atoms with E-state index >= 15 is 0 Å². The summed E-state index contributed by atoms with van der Waals surface area (Å²) < 4.78 is 27.2. The number of hydrogen-bond donors (Lipinski definition) is 1. The van der Waals surface area contributed by atoms with Crippen LogP contribution >= 0.6 is 11.8 Å². The van der Waals surface area contributed by atoms with Crippen molar-refractivity contribution in [2.24, 2.45) is 0 Å². The molecule has 136 valence electrons. The highest BCUT2D eigenvalue weighted by atomic mass is 32.2. The quantitative estimate of drug-likeness (QED) is 0.660. The third-order valence-electron chi connectivity index (χ3n) is 3.78. The summed E-state index contributed by atoms with van der Waals surface area (Å²) >= 11 is 0.337. The molecule has 3 rings (SSSR count). The van der Waals surface area contributed by atoms with E-state index in [1.54, 1.807) is 36.4 Å². The average Bonchev–Trinajstić information content (AvgIpc) is 2.92. The van der Waals surface area contributed by atoms with Crippen LogP contribution in [0.15, 0.2) is 53.7 Å². The monoisotopic (exact) mass is 376 g/mol. The van der Waals surface area contributed by atoms with Crippen LogP contribution in [0, 0.1) is 0 Å². The Bertz CT molecular complexity index is 909. The number of nitrogens with one attached hydrogen (secondary N) is 1. The van der Waals surface area contributed by atoms with Crippen LogP contribution in [-0.4, -0.2) is 35.3 Å². The van der Waals surface area contributed by atoms with Crippen molar-refractivity contribution in [3.8, 4) is 0 Å². The summed E-state index contributed by atoms with van der Waals surface area (Å²) in [6.45, 7) is -0.0923. The number of hydrogen-bond acceptors (Lipinski definition) is 4. The summed E-state index contributed by atoms with van der Waals surface area (Å²) in [5.41, 5.74) is 2.89. The topological polar surface area (TPSA) is 50.2 Å². The summed E-state index contributed by atoms with van der Waals surface area (Å²) in [4.78, 5) is 18.6. The first kappa shape index (κ1) is 18.2. The molecule has 1 N–H and O–H groups in total. The number of carbonyl (C=O) groups is 1. The second kappa shape index (κ2) is 7.74. The Balaban J connectivity index is 1.80. The third-order valence-corrected chi connectivity index (χ3v) is 4.48. The molecule has 0 saturated carbocycles. The van der Waals surface area contributed by atoms with E-state index in [4.69, 9.17) is 0 Å². The van der Waals surface area contributed by atoms with Crippen molar-refractivity contribution in [3.05, 3.63) is 48.5 Å². The van der Waals surface area contributed by atoms with Gasteiger partial charge in [0.25, 0.3) is 5.76 Å². The van der Waals surface area contributed by atoms with E-state index in [0.717, 1.165) is 5.69 Å². The third kappa shape index (κ3) is 4.13. The molecule has 1 heterocycles. The number of para-hydroxylation sites is 2. The van der Waals surface area contributed by atoms with E-state index in [0.29, 0.717) is 28.5 Å². The number of amides is 1. The van der Waals surface area contributed by atoms with Gasteiger partial charge in [-0.1, -0.05) is 12.1 Å². The van der Waals surface area contributed by atoms with Gasteiger partial charge in [0, 0.05) is 25.5 Å². The molecule has 0 spiro atoms. The molecule has 0 saturated heterocycles. The first-order valence-electron chi connectivity index (χ1n) is 7.91. The summed E-state index contributed by atoms with van der Waals surface area (Å²) in [6.07, 6.45) is 0. The average molecular weight is 376 g/mol. The molecule has 0 atom stereocenters. The number of thioether (sulfide) groups is 1. The molecule has 1 amide bonds. The molecular weight excluding hydrogens is 358 g/mol. The van der Waals surface area contributed by atoms with Gasteiger partial charge in [0.2, 0.25) is 5.91 Å². The molecular formula is C18H18F2N4OS. The normalized spacial score (nSPS) is 11.1. The number of carbonyl (C=O) groups excluding carboxylic acids is 1. The Morgan fingerprint density at radius 1 is 1.19 bits per heavy atom. The highest BCUT2D eigenvalue weighted by Gasteiger charge is 2.17. The number of fused-ring (bicyclic) bond motifs is 1. The molecule has 0 bridgehead atoms. The first-order valence-corrected chi connectivity index (χ1v) is 8.79. The van der Waals surface area contributed by atoms with Crippen molar-refractivity contribution in [2.45, 2.75) is 17.5 Å². The highest BCUT2D eigenvalue weighted by Crippen LogP contribution is 2.28. The zero-order valence-electron chi connectivity index (χ0n) is 14.3. The number of aromatic nitrogens is 2. The van der Waals surface area contributed by atoms with Gasteiger partial charge in [0.15, 0.2) is 5.16 Å². The fourth-order valence-corrected chi connectivity index (χ4v) is 3.16. The van der Waals surface area contributed by atoms with E-state index in [9.17, 15) is 13.6 Å². The molecule has 26 heavy (non-hydrogen) atoms. The minimum absolute atomic E-state index is 0.0923. The zero-order chi connectivity index (χ0) is 18.7. The van der Waals surface area contributed by atoms with Crippen molar-refractivity contribution in [1.82, 2.24) is 9.55 Å². The van der Waals surface area contributed by atoms with Crippen molar-refractivity contribution < 1.29 is 13.6 Å². The Kier molecular flexibility index (Phi) is 5.41. The number of benzene rings is 2. The smallest absolute Gasteiger partial charge is 0.291 e. The van der Waals surface area contributed by atoms with E-state index in [2.05, 4.69) is 10.3 Å². The lowest BCUT2D eigenvalue weighted by molar-refractivity contribution is -0.116. The second-order valence-corrected chi connectivity index (χ2v) is 6.79. The Labute approximate surface area is 154 Å². The maximum absolute atomic E-state index is 12.8. The maximum atomic E-state index is 12.8. The summed E-state index contributed by atoms with van der Waals surface area (Å²) in [6, 6.07) is 14.4. The lowest BCUT2D eigenvalue weighted by atomic mass is 10.2. The molecule has 0 aliphatic rings. The van der Waals surface area contributed by atoms with Crippen molar-refractivity contribution in [1.29, 1.82) is 0 Å². The van der Waals surface area contributed by atoms with E-state index < -0.39 is 5.76 Å². The predicted molar refractivity (Wildman–Crippen MR) is 101 cm³/mol. The molecule has 8 heteroatoms. The van der Waals surface area contributed by atoms with Crippen molar-refractivity contribution in [3.63, 3.8) is 0 Å². The molecule has 0 fully saturated rings. The standard InChI is InChI=1S/C18H18F2N4OS/c1-23(2)13-9-7-12(8-10-13)21-16(25)11-24-15-6-4-3-5-14(15)22-18(24)26-17(19)20/h3-10,17H,11H2,1-2H3,(H,21,25). The number of halogens is 2. The van der Waals surface area contributed by atoms with Crippen LogP contribution in [0.3, 0.4) is 0 Å².